The number of rotatable bonds is 5. The van der Waals surface area contributed by atoms with E-state index < -0.39 is 9.84 Å². The summed E-state index contributed by atoms with van der Waals surface area (Å²) in [6.45, 7) is 1.88. The summed E-state index contributed by atoms with van der Waals surface area (Å²) < 4.78 is 25.1. The van der Waals surface area contributed by atoms with Crippen LogP contribution in [0.5, 0.6) is 0 Å². The van der Waals surface area contributed by atoms with Crippen LogP contribution in [0.25, 0.3) is 0 Å². The summed E-state index contributed by atoms with van der Waals surface area (Å²) in [5.41, 5.74) is 1.44. The lowest BCUT2D eigenvalue weighted by Crippen LogP contribution is -2.05. The van der Waals surface area contributed by atoms with Crippen LogP contribution < -0.4 is 0 Å². The first-order chi connectivity index (χ1) is 13.7. The van der Waals surface area contributed by atoms with Crippen molar-refractivity contribution in [1.82, 2.24) is 15.2 Å². The lowest BCUT2D eigenvalue weighted by Gasteiger charge is -2.04. The Balaban J connectivity index is 1.52. The summed E-state index contributed by atoms with van der Waals surface area (Å²) in [5, 5.41) is 9.00. The summed E-state index contributed by atoms with van der Waals surface area (Å²) in [6, 6.07) is 5.18. The number of hydrogen-bond acceptors (Lipinski definition) is 8. The number of hydrogen-bond donors (Lipinski definition) is 0. The Hall–Kier alpha value is -1.52. The first kappa shape index (κ1) is 20.7. The Morgan fingerprint density at radius 3 is 2.69 bits per heavy atom. The van der Waals surface area contributed by atoms with Crippen LogP contribution in [0.1, 0.15) is 33.8 Å². The topological polar surface area (TPSA) is 89.9 Å². The Kier molecular flexibility index (Phi) is 5.69. The quantitative estimate of drug-likeness (QED) is 0.483. The van der Waals surface area contributed by atoms with Gasteiger partial charge in [-0.1, -0.05) is 65.4 Å². The average Bonchev–Trinajstić information content (AvgIpc) is 3.21. The first-order valence-electron chi connectivity index (χ1n) is 8.44. The van der Waals surface area contributed by atoms with Gasteiger partial charge in [0.15, 0.2) is 25.0 Å². The Morgan fingerprint density at radius 1 is 1.24 bits per heavy atom. The molecule has 0 radical (unpaired) electrons. The molecule has 3 aromatic rings. The number of ketones is 1. The maximum atomic E-state index is 12.6. The fraction of sp³-hybridized carbons (Fsp3) is 0.222. The number of fused-ring (bicyclic) bond motifs is 1. The summed E-state index contributed by atoms with van der Waals surface area (Å²) in [6.07, 6.45) is 3.00. The maximum absolute atomic E-state index is 12.6. The van der Waals surface area contributed by atoms with Gasteiger partial charge in [-0.05, 0) is 23.1 Å². The van der Waals surface area contributed by atoms with E-state index >= 15 is 0 Å². The third-order valence-electron chi connectivity index (χ3n) is 4.42. The minimum atomic E-state index is -3.29. The molecule has 6 nitrogen and oxygen atoms in total. The van der Waals surface area contributed by atoms with Gasteiger partial charge in [0.05, 0.1) is 25.6 Å². The Labute approximate surface area is 185 Å². The number of carbonyl (C=O) groups is 1. The average molecular weight is 486 g/mol. The normalized spacial score (nSPS) is 17.3. The van der Waals surface area contributed by atoms with Gasteiger partial charge in [0, 0.05) is 18.8 Å². The predicted molar refractivity (Wildman–Crippen MR) is 113 cm³/mol. The van der Waals surface area contributed by atoms with E-state index in [4.69, 9.17) is 23.2 Å². The second kappa shape index (κ2) is 7.96. The molecule has 29 heavy (non-hydrogen) atoms. The molecule has 1 aromatic carbocycles. The van der Waals surface area contributed by atoms with E-state index in [0.29, 0.717) is 29.7 Å². The summed E-state index contributed by atoms with van der Waals surface area (Å²) in [4.78, 5) is 17.4. The van der Waals surface area contributed by atoms with Crippen LogP contribution in [0, 0.1) is 0 Å². The molecule has 0 bridgehead atoms. The second-order valence-corrected chi connectivity index (χ2v) is 11.6. The molecule has 0 amide bonds. The molecule has 4 rings (SSSR count). The standard InChI is InChI=1S/C18H13Cl2N3O3S3/c1-9-8-29(25,26)15-5-10(2-3-11(9)15)4-14(24)17-22-23-18(28-17)27-16-12(19)6-21-7-13(16)20/h2-3,5-7,9H,4,8H2,1H3. The number of nitrogens with zero attached hydrogens (tertiary/aromatic N) is 3. The van der Waals surface area contributed by atoms with E-state index in [-0.39, 0.29) is 28.9 Å². The van der Waals surface area contributed by atoms with Crippen molar-refractivity contribution in [3.05, 3.63) is 56.8 Å². The first-order valence-corrected chi connectivity index (χ1v) is 12.5. The van der Waals surface area contributed by atoms with Crippen LogP contribution in [-0.2, 0) is 16.3 Å². The highest BCUT2D eigenvalue weighted by molar-refractivity contribution is 8.01. The fourth-order valence-corrected chi connectivity index (χ4v) is 7.38. The van der Waals surface area contributed by atoms with Crippen molar-refractivity contribution in [2.24, 2.45) is 0 Å². The van der Waals surface area contributed by atoms with E-state index in [9.17, 15) is 13.2 Å². The number of benzene rings is 1. The molecule has 1 aliphatic heterocycles. The molecule has 150 valence electrons. The zero-order valence-electron chi connectivity index (χ0n) is 14.9. The van der Waals surface area contributed by atoms with E-state index in [1.54, 1.807) is 18.2 Å². The molecule has 2 aromatic heterocycles. The van der Waals surface area contributed by atoms with Gasteiger partial charge in [-0.2, -0.15) is 0 Å². The number of halogens is 2. The number of sulfone groups is 1. The van der Waals surface area contributed by atoms with Crippen molar-refractivity contribution in [2.75, 3.05) is 5.75 Å². The summed E-state index contributed by atoms with van der Waals surface area (Å²) >= 11 is 14.6. The highest BCUT2D eigenvalue weighted by Crippen LogP contribution is 2.39. The largest absolute Gasteiger partial charge is 0.291 e. The van der Waals surface area contributed by atoms with E-state index in [1.165, 1.54) is 24.2 Å². The maximum Gasteiger partial charge on any atom is 0.197 e. The number of Topliss-reactive ketones (excluding diaryl/α,β-unsaturated/α-hetero) is 1. The predicted octanol–water partition coefficient (Wildman–Crippen LogP) is 4.71. The van der Waals surface area contributed by atoms with Gasteiger partial charge in [-0.25, -0.2) is 8.42 Å². The lowest BCUT2D eigenvalue weighted by atomic mass is 10.0. The van der Waals surface area contributed by atoms with E-state index in [0.717, 1.165) is 16.9 Å². The van der Waals surface area contributed by atoms with Crippen molar-refractivity contribution >= 4 is 61.9 Å². The molecule has 0 N–H and O–H groups in total. The Morgan fingerprint density at radius 2 is 1.97 bits per heavy atom. The van der Waals surface area contributed by atoms with Gasteiger partial charge in [0.25, 0.3) is 0 Å². The van der Waals surface area contributed by atoms with Gasteiger partial charge in [0.1, 0.15) is 0 Å². The minimum absolute atomic E-state index is 0.0330. The van der Waals surface area contributed by atoms with Crippen molar-refractivity contribution in [2.45, 2.75) is 33.4 Å². The molecule has 0 aliphatic carbocycles. The van der Waals surface area contributed by atoms with Gasteiger partial charge in [-0.3, -0.25) is 9.78 Å². The van der Waals surface area contributed by atoms with Crippen LogP contribution in [0.3, 0.4) is 0 Å². The van der Waals surface area contributed by atoms with Crippen molar-refractivity contribution in [3.63, 3.8) is 0 Å². The zero-order valence-corrected chi connectivity index (χ0v) is 18.9. The Bertz CT molecular complexity index is 1210. The molecule has 0 saturated heterocycles. The van der Waals surface area contributed by atoms with Crippen LogP contribution in [0.4, 0.5) is 0 Å². The number of carbonyl (C=O) groups excluding carboxylic acids is 1. The van der Waals surface area contributed by atoms with E-state index in [1.807, 2.05) is 6.92 Å². The third kappa shape index (κ3) is 4.20. The monoisotopic (exact) mass is 485 g/mol. The molecule has 1 unspecified atom stereocenters. The molecule has 0 spiro atoms. The SMILES string of the molecule is CC1CS(=O)(=O)c2cc(CC(=O)c3nnc(Sc4c(Cl)cncc4Cl)s3)ccc21. The summed E-state index contributed by atoms with van der Waals surface area (Å²) in [7, 11) is -3.29. The van der Waals surface area contributed by atoms with Crippen LogP contribution in [0.2, 0.25) is 10.0 Å². The van der Waals surface area contributed by atoms with Crippen molar-refractivity contribution in [1.29, 1.82) is 0 Å². The molecular formula is C18H13Cl2N3O3S3. The van der Waals surface area contributed by atoms with E-state index in [2.05, 4.69) is 15.2 Å². The molecule has 0 fully saturated rings. The smallest absolute Gasteiger partial charge is 0.197 e. The fourth-order valence-electron chi connectivity index (χ4n) is 3.08. The molecule has 11 heteroatoms. The highest BCUT2D eigenvalue weighted by Gasteiger charge is 2.32. The van der Waals surface area contributed by atoms with Gasteiger partial charge in [0.2, 0.25) is 0 Å². The molecule has 1 atom stereocenters. The van der Waals surface area contributed by atoms with Gasteiger partial charge in [-0.15, -0.1) is 10.2 Å². The second-order valence-electron chi connectivity index (χ2n) is 6.56. The number of aromatic nitrogens is 3. The summed E-state index contributed by atoms with van der Waals surface area (Å²) in [5.74, 6) is -0.157. The van der Waals surface area contributed by atoms with Crippen LogP contribution >= 0.6 is 46.3 Å². The zero-order chi connectivity index (χ0) is 20.8. The molecule has 1 aliphatic rings. The number of pyridine rings is 1. The lowest BCUT2D eigenvalue weighted by molar-refractivity contribution is 0.0992. The van der Waals surface area contributed by atoms with Crippen molar-refractivity contribution < 1.29 is 13.2 Å². The van der Waals surface area contributed by atoms with Crippen LogP contribution in [0.15, 0.2) is 44.7 Å². The van der Waals surface area contributed by atoms with Gasteiger partial charge >= 0.3 is 0 Å². The molecule has 0 saturated carbocycles. The molecular weight excluding hydrogens is 473 g/mol. The third-order valence-corrected chi connectivity index (χ3v) is 9.34. The molecule has 3 heterocycles. The highest BCUT2D eigenvalue weighted by atomic mass is 35.5. The minimum Gasteiger partial charge on any atom is -0.291 e. The van der Waals surface area contributed by atoms with Crippen LogP contribution in [-0.4, -0.2) is 35.1 Å². The van der Waals surface area contributed by atoms with Crippen molar-refractivity contribution in [3.8, 4) is 0 Å². The van der Waals surface area contributed by atoms with Gasteiger partial charge < -0.3 is 0 Å².